The molecule has 2 fully saturated rings. The third-order valence-corrected chi connectivity index (χ3v) is 5.16. The Labute approximate surface area is 148 Å². The number of amides is 1. The predicted molar refractivity (Wildman–Crippen MR) is 95.2 cm³/mol. The maximum absolute atomic E-state index is 12.8. The summed E-state index contributed by atoms with van der Waals surface area (Å²) >= 11 is 0. The second-order valence-corrected chi connectivity index (χ2v) is 7.17. The van der Waals surface area contributed by atoms with Gasteiger partial charge in [0.15, 0.2) is 0 Å². The Kier molecular flexibility index (Phi) is 5.71. The second kappa shape index (κ2) is 7.97. The molecule has 0 aromatic heterocycles. The molecule has 0 spiro atoms. The fourth-order valence-corrected chi connectivity index (χ4v) is 3.60. The van der Waals surface area contributed by atoms with Gasteiger partial charge in [-0.2, -0.15) is 0 Å². The van der Waals surface area contributed by atoms with Crippen molar-refractivity contribution >= 4 is 11.9 Å². The number of rotatable bonds is 7. The van der Waals surface area contributed by atoms with Crippen molar-refractivity contribution in [3.63, 3.8) is 0 Å². The zero-order valence-electron chi connectivity index (χ0n) is 14.7. The number of nitrogens with zero attached hydrogens (tertiary/aromatic N) is 2. The summed E-state index contributed by atoms with van der Waals surface area (Å²) < 4.78 is 0. The Morgan fingerprint density at radius 1 is 1.20 bits per heavy atom. The number of benzene rings is 1. The van der Waals surface area contributed by atoms with E-state index in [0.717, 1.165) is 44.3 Å². The van der Waals surface area contributed by atoms with Gasteiger partial charge in [-0.05, 0) is 38.3 Å². The van der Waals surface area contributed by atoms with Gasteiger partial charge in [0.1, 0.15) is 6.04 Å². The van der Waals surface area contributed by atoms with Gasteiger partial charge in [-0.25, -0.2) is 0 Å². The molecule has 0 bridgehead atoms. The van der Waals surface area contributed by atoms with Crippen LogP contribution < -0.4 is 5.32 Å². The van der Waals surface area contributed by atoms with Crippen LogP contribution in [0.3, 0.4) is 0 Å². The summed E-state index contributed by atoms with van der Waals surface area (Å²) in [6.45, 7) is 1.66. The minimum atomic E-state index is -0.795. The molecule has 136 valence electrons. The van der Waals surface area contributed by atoms with Gasteiger partial charge < -0.3 is 10.4 Å². The number of carboxylic acids is 1. The highest BCUT2D eigenvalue weighted by atomic mass is 16.4. The van der Waals surface area contributed by atoms with Crippen molar-refractivity contribution in [1.82, 2.24) is 15.1 Å². The number of likely N-dealkylation sites (tertiary alicyclic amines) is 1. The SMILES string of the molecule is CN(CC(=O)O)C1CCN(C(C(=O)NC2CC2)c2ccccc2)CC1. The lowest BCUT2D eigenvalue weighted by Gasteiger charge is -2.39. The molecule has 1 atom stereocenters. The van der Waals surface area contributed by atoms with Crippen LogP contribution in [-0.4, -0.2) is 65.5 Å². The molecule has 0 radical (unpaired) electrons. The topological polar surface area (TPSA) is 72.9 Å². The van der Waals surface area contributed by atoms with Gasteiger partial charge in [0.2, 0.25) is 5.91 Å². The number of carboxylic acid groups (broad SMARTS) is 1. The molecular formula is C19H27N3O3. The Morgan fingerprint density at radius 2 is 1.84 bits per heavy atom. The van der Waals surface area contributed by atoms with E-state index in [4.69, 9.17) is 5.11 Å². The number of carbonyl (C=O) groups excluding carboxylic acids is 1. The van der Waals surface area contributed by atoms with E-state index in [-0.39, 0.29) is 24.5 Å². The third-order valence-electron chi connectivity index (χ3n) is 5.16. The van der Waals surface area contributed by atoms with Crippen LogP contribution in [0.2, 0.25) is 0 Å². The molecule has 1 aromatic carbocycles. The van der Waals surface area contributed by atoms with Crippen molar-refractivity contribution in [2.45, 2.75) is 43.8 Å². The Morgan fingerprint density at radius 3 is 2.40 bits per heavy atom. The molecule has 1 saturated carbocycles. The Bertz CT molecular complexity index is 595. The standard InChI is InChI=1S/C19H27N3O3/c1-21(13-17(23)24)16-9-11-22(12-10-16)18(14-5-3-2-4-6-14)19(25)20-15-7-8-15/h2-6,15-16,18H,7-13H2,1H3,(H,20,25)(H,23,24). The van der Waals surface area contributed by atoms with Crippen LogP contribution in [0.4, 0.5) is 0 Å². The molecule has 3 rings (SSSR count). The number of carbonyl (C=O) groups is 2. The van der Waals surface area contributed by atoms with E-state index in [0.29, 0.717) is 6.04 Å². The van der Waals surface area contributed by atoms with Crippen molar-refractivity contribution in [3.05, 3.63) is 35.9 Å². The molecule has 2 aliphatic rings. The van der Waals surface area contributed by atoms with E-state index in [9.17, 15) is 9.59 Å². The van der Waals surface area contributed by atoms with Crippen LogP contribution >= 0.6 is 0 Å². The molecule has 25 heavy (non-hydrogen) atoms. The zero-order valence-corrected chi connectivity index (χ0v) is 14.7. The maximum atomic E-state index is 12.8. The summed E-state index contributed by atoms with van der Waals surface area (Å²) in [5.41, 5.74) is 1.03. The highest BCUT2D eigenvalue weighted by Crippen LogP contribution is 2.28. The molecule has 1 saturated heterocycles. The largest absolute Gasteiger partial charge is 0.480 e. The van der Waals surface area contributed by atoms with E-state index in [2.05, 4.69) is 10.2 Å². The van der Waals surface area contributed by atoms with Crippen molar-refractivity contribution < 1.29 is 14.7 Å². The molecule has 1 heterocycles. The second-order valence-electron chi connectivity index (χ2n) is 7.17. The van der Waals surface area contributed by atoms with Gasteiger partial charge in [0.25, 0.3) is 0 Å². The molecule has 1 unspecified atom stereocenters. The van der Waals surface area contributed by atoms with Gasteiger partial charge >= 0.3 is 5.97 Å². The number of hydrogen-bond acceptors (Lipinski definition) is 4. The highest BCUT2D eigenvalue weighted by Gasteiger charge is 2.34. The molecule has 1 aliphatic carbocycles. The first kappa shape index (κ1) is 17.9. The minimum Gasteiger partial charge on any atom is -0.480 e. The first-order chi connectivity index (χ1) is 12.0. The maximum Gasteiger partial charge on any atom is 0.317 e. The average molecular weight is 345 g/mol. The van der Waals surface area contributed by atoms with E-state index in [1.54, 1.807) is 0 Å². The Hall–Kier alpha value is -1.92. The molecule has 1 aromatic rings. The minimum absolute atomic E-state index is 0.0644. The lowest BCUT2D eigenvalue weighted by Crippen LogP contribution is -2.49. The van der Waals surface area contributed by atoms with Crippen molar-refractivity contribution in [2.75, 3.05) is 26.7 Å². The van der Waals surface area contributed by atoms with Gasteiger partial charge in [-0.1, -0.05) is 30.3 Å². The van der Waals surface area contributed by atoms with Gasteiger partial charge in [-0.3, -0.25) is 19.4 Å². The smallest absolute Gasteiger partial charge is 0.317 e. The summed E-state index contributed by atoms with van der Waals surface area (Å²) in [7, 11) is 1.86. The predicted octanol–water partition coefficient (Wildman–Crippen LogP) is 1.49. The number of hydrogen-bond donors (Lipinski definition) is 2. The number of nitrogens with one attached hydrogen (secondary N) is 1. The van der Waals surface area contributed by atoms with Crippen LogP contribution in [0.5, 0.6) is 0 Å². The molecule has 6 nitrogen and oxygen atoms in total. The fraction of sp³-hybridized carbons (Fsp3) is 0.579. The molecule has 1 aliphatic heterocycles. The fourth-order valence-electron chi connectivity index (χ4n) is 3.60. The van der Waals surface area contributed by atoms with Gasteiger partial charge in [0, 0.05) is 25.2 Å². The van der Waals surface area contributed by atoms with Crippen LogP contribution in [0.25, 0.3) is 0 Å². The van der Waals surface area contributed by atoms with Crippen molar-refractivity contribution in [1.29, 1.82) is 0 Å². The summed E-state index contributed by atoms with van der Waals surface area (Å²) in [6, 6.07) is 10.3. The van der Waals surface area contributed by atoms with Gasteiger partial charge in [0.05, 0.1) is 6.54 Å². The van der Waals surface area contributed by atoms with E-state index < -0.39 is 5.97 Å². The zero-order chi connectivity index (χ0) is 17.8. The molecular weight excluding hydrogens is 318 g/mol. The van der Waals surface area contributed by atoms with E-state index >= 15 is 0 Å². The summed E-state index contributed by atoms with van der Waals surface area (Å²) in [4.78, 5) is 27.9. The lowest BCUT2D eigenvalue weighted by atomic mass is 9.98. The summed E-state index contributed by atoms with van der Waals surface area (Å²) in [5, 5.41) is 12.1. The molecule has 1 amide bonds. The quantitative estimate of drug-likeness (QED) is 0.783. The van der Waals surface area contributed by atoms with Gasteiger partial charge in [-0.15, -0.1) is 0 Å². The van der Waals surface area contributed by atoms with Crippen LogP contribution in [0, 0.1) is 0 Å². The number of likely N-dealkylation sites (N-methyl/N-ethyl adjacent to an activating group) is 1. The number of aliphatic carboxylic acids is 1. The number of piperidine rings is 1. The third kappa shape index (κ3) is 4.80. The summed E-state index contributed by atoms with van der Waals surface area (Å²) in [5.74, 6) is -0.707. The molecule has 6 heteroatoms. The van der Waals surface area contributed by atoms with E-state index in [1.165, 1.54) is 0 Å². The first-order valence-corrected chi connectivity index (χ1v) is 9.06. The Balaban J connectivity index is 1.66. The van der Waals surface area contributed by atoms with Crippen molar-refractivity contribution in [2.24, 2.45) is 0 Å². The van der Waals surface area contributed by atoms with Crippen LogP contribution in [-0.2, 0) is 9.59 Å². The lowest BCUT2D eigenvalue weighted by molar-refractivity contribution is -0.138. The average Bonchev–Trinajstić information content (AvgIpc) is 3.40. The van der Waals surface area contributed by atoms with Crippen molar-refractivity contribution in [3.8, 4) is 0 Å². The van der Waals surface area contributed by atoms with Crippen LogP contribution in [0.1, 0.15) is 37.3 Å². The normalized spacial score (nSPS) is 20.4. The van der Waals surface area contributed by atoms with Crippen LogP contribution in [0.15, 0.2) is 30.3 Å². The van der Waals surface area contributed by atoms with E-state index in [1.807, 2.05) is 42.3 Å². The summed E-state index contributed by atoms with van der Waals surface area (Å²) in [6.07, 6.45) is 3.91. The highest BCUT2D eigenvalue weighted by molar-refractivity contribution is 5.83. The monoisotopic (exact) mass is 345 g/mol. The molecule has 2 N–H and O–H groups in total. The first-order valence-electron chi connectivity index (χ1n) is 9.06.